The van der Waals surface area contributed by atoms with Crippen molar-refractivity contribution in [2.45, 2.75) is 31.6 Å². The van der Waals surface area contributed by atoms with Crippen LogP contribution in [0.2, 0.25) is 0 Å². The molecule has 100 valence electrons. The highest BCUT2D eigenvalue weighted by molar-refractivity contribution is 7.89. The molecule has 0 aromatic carbocycles. The van der Waals surface area contributed by atoms with Gasteiger partial charge < -0.3 is 9.73 Å². The lowest BCUT2D eigenvalue weighted by Gasteiger charge is -2.26. The van der Waals surface area contributed by atoms with E-state index in [1.807, 2.05) is 0 Å². The molecule has 0 bridgehead atoms. The van der Waals surface area contributed by atoms with Gasteiger partial charge in [0.15, 0.2) is 5.76 Å². The van der Waals surface area contributed by atoms with Crippen LogP contribution in [0.25, 0.3) is 0 Å². The minimum Gasteiger partial charge on any atom is -0.411 e. The van der Waals surface area contributed by atoms with E-state index in [2.05, 4.69) is 10.3 Å². The minimum absolute atomic E-state index is 0.145. The first-order valence-corrected chi connectivity index (χ1v) is 7.03. The second-order valence-corrected chi connectivity index (χ2v) is 6.10. The Morgan fingerprint density at radius 1 is 1.33 bits per heavy atom. The average Bonchev–Trinajstić information content (AvgIpc) is 2.69. The molecule has 0 unspecified atom stereocenters. The van der Waals surface area contributed by atoms with Crippen LogP contribution < -0.4 is 0 Å². The molecule has 0 atom stereocenters. The van der Waals surface area contributed by atoms with E-state index in [9.17, 15) is 8.42 Å². The van der Waals surface area contributed by atoms with Crippen molar-refractivity contribution < 1.29 is 18.1 Å². The fourth-order valence-electron chi connectivity index (χ4n) is 2.06. The van der Waals surface area contributed by atoms with Crippen LogP contribution in [0.4, 0.5) is 0 Å². The monoisotopic (exact) mass is 273 g/mol. The summed E-state index contributed by atoms with van der Waals surface area (Å²) in [5, 5.41) is 15.4. The number of nitrogens with zero attached hydrogens (tertiary/aromatic N) is 3. The van der Waals surface area contributed by atoms with Gasteiger partial charge in [0.2, 0.25) is 10.0 Å². The van der Waals surface area contributed by atoms with Crippen molar-refractivity contribution in [1.82, 2.24) is 9.46 Å². The maximum atomic E-state index is 12.4. The first-order valence-electron chi connectivity index (χ1n) is 5.59. The molecule has 1 saturated heterocycles. The fraction of sp³-hybridized carbons (Fsp3) is 0.600. The predicted octanol–water partition coefficient (Wildman–Crippen LogP) is 0.906. The molecule has 0 radical (unpaired) electrons. The third kappa shape index (κ3) is 2.13. The molecule has 1 aromatic heterocycles. The molecule has 2 rings (SSSR count). The molecule has 0 spiro atoms. The maximum Gasteiger partial charge on any atom is 0.248 e. The summed E-state index contributed by atoms with van der Waals surface area (Å²) in [6.07, 6.45) is 0.887. The summed E-state index contributed by atoms with van der Waals surface area (Å²) in [5.41, 5.74) is 0.995. The summed E-state index contributed by atoms with van der Waals surface area (Å²) in [5.74, 6) is 0.300. The lowest BCUT2D eigenvalue weighted by atomic mass is 10.1. The fourth-order valence-corrected chi connectivity index (χ4v) is 3.79. The lowest BCUT2D eigenvalue weighted by Crippen LogP contribution is -2.39. The number of oxime groups is 1. The summed E-state index contributed by atoms with van der Waals surface area (Å²) in [4.78, 5) is 0.145. The van der Waals surface area contributed by atoms with Crippen LogP contribution >= 0.6 is 0 Å². The molecule has 8 heteroatoms. The number of sulfonamides is 1. The van der Waals surface area contributed by atoms with Crippen molar-refractivity contribution in [3.8, 4) is 0 Å². The topological polar surface area (TPSA) is 96.0 Å². The summed E-state index contributed by atoms with van der Waals surface area (Å²) >= 11 is 0. The minimum atomic E-state index is -3.57. The van der Waals surface area contributed by atoms with Gasteiger partial charge in [-0.25, -0.2) is 8.42 Å². The normalized spacial score (nSPS) is 18.0. The third-order valence-electron chi connectivity index (χ3n) is 3.01. The van der Waals surface area contributed by atoms with Crippen LogP contribution in [0, 0.1) is 13.8 Å². The number of piperidine rings is 1. The van der Waals surface area contributed by atoms with Gasteiger partial charge in [0.1, 0.15) is 10.6 Å². The molecule has 1 aliphatic heterocycles. The van der Waals surface area contributed by atoms with E-state index in [1.165, 1.54) is 4.31 Å². The van der Waals surface area contributed by atoms with E-state index in [0.29, 0.717) is 43.1 Å². The van der Waals surface area contributed by atoms with Gasteiger partial charge in [-0.05, 0) is 13.8 Å². The van der Waals surface area contributed by atoms with Crippen LogP contribution in [0.3, 0.4) is 0 Å². The van der Waals surface area contributed by atoms with Gasteiger partial charge in [-0.2, -0.15) is 4.31 Å². The Labute approximate surface area is 105 Å². The first kappa shape index (κ1) is 13.0. The lowest BCUT2D eigenvalue weighted by molar-refractivity contribution is 0.309. The van der Waals surface area contributed by atoms with Gasteiger partial charge >= 0.3 is 0 Å². The van der Waals surface area contributed by atoms with E-state index in [-0.39, 0.29) is 4.90 Å². The molecule has 18 heavy (non-hydrogen) atoms. The Kier molecular flexibility index (Phi) is 3.40. The highest BCUT2D eigenvalue weighted by atomic mass is 32.2. The van der Waals surface area contributed by atoms with Gasteiger partial charge in [0.25, 0.3) is 0 Å². The summed E-state index contributed by atoms with van der Waals surface area (Å²) in [7, 11) is -3.57. The van der Waals surface area contributed by atoms with Crippen LogP contribution in [-0.4, -0.2) is 41.9 Å². The largest absolute Gasteiger partial charge is 0.411 e. The number of aromatic nitrogens is 1. The molecule has 0 aliphatic carbocycles. The summed E-state index contributed by atoms with van der Waals surface area (Å²) in [6.45, 7) is 3.81. The van der Waals surface area contributed by atoms with Crippen LogP contribution in [-0.2, 0) is 10.0 Å². The van der Waals surface area contributed by atoms with E-state index in [0.717, 1.165) is 0 Å². The SMILES string of the molecule is Cc1noc(C)c1S(=O)(=O)N1CCC(=NO)CC1. The third-order valence-corrected chi connectivity index (χ3v) is 5.15. The van der Waals surface area contributed by atoms with E-state index in [4.69, 9.17) is 9.73 Å². The zero-order chi connectivity index (χ0) is 13.3. The zero-order valence-corrected chi connectivity index (χ0v) is 11.1. The van der Waals surface area contributed by atoms with E-state index in [1.54, 1.807) is 13.8 Å². The quantitative estimate of drug-likeness (QED) is 0.638. The second kappa shape index (κ2) is 4.69. The van der Waals surface area contributed by atoms with Gasteiger partial charge in [0, 0.05) is 25.9 Å². The smallest absolute Gasteiger partial charge is 0.248 e. The Bertz CT molecular complexity index is 546. The molecule has 1 aliphatic rings. The molecular formula is C10H15N3O4S. The number of hydrogen-bond acceptors (Lipinski definition) is 6. The average molecular weight is 273 g/mol. The van der Waals surface area contributed by atoms with Crippen molar-refractivity contribution in [1.29, 1.82) is 0 Å². The standard InChI is InChI=1S/C10H15N3O4S/c1-7-10(8(2)17-12-7)18(15,16)13-5-3-9(11-14)4-6-13/h14H,3-6H2,1-2H3. The van der Waals surface area contributed by atoms with Crippen molar-refractivity contribution >= 4 is 15.7 Å². The molecule has 0 amide bonds. The molecule has 2 heterocycles. The van der Waals surface area contributed by atoms with Crippen molar-refractivity contribution in [2.75, 3.05) is 13.1 Å². The summed E-state index contributed by atoms with van der Waals surface area (Å²) < 4.78 is 31.1. The number of rotatable bonds is 2. The Balaban J connectivity index is 2.28. The van der Waals surface area contributed by atoms with E-state index < -0.39 is 10.0 Å². The van der Waals surface area contributed by atoms with Crippen LogP contribution in [0.5, 0.6) is 0 Å². The Morgan fingerprint density at radius 2 is 1.94 bits per heavy atom. The zero-order valence-electron chi connectivity index (χ0n) is 10.3. The van der Waals surface area contributed by atoms with Gasteiger partial charge in [0.05, 0.1) is 5.71 Å². The first-order chi connectivity index (χ1) is 8.46. The Hall–Kier alpha value is -1.41. The van der Waals surface area contributed by atoms with Gasteiger partial charge in [-0.1, -0.05) is 10.3 Å². The second-order valence-electron chi connectivity index (χ2n) is 4.22. The predicted molar refractivity (Wildman–Crippen MR) is 63.2 cm³/mol. The molecule has 1 fully saturated rings. The van der Waals surface area contributed by atoms with Crippen molar-refractivity contribution in [3.05, 3.63) is 11.5 Å². The van der Waals surface area contributed by atoms with Crippen LogP contribution in [0.15, 0.2) is 14.6 Å². The van der Waals surface area contributed by atoms with Gasteiger partial charge in [-0.15, -0.1) is 0 Å². The molecule has 7 nitrogen and oxygen atoms in total. The highest BCUT2D eigenvalue weighted by Gasteiger charge is 2.32. The number of aryl methyl sites for hydroxylation is 2. The molecule has 0 saturated carbocycles. The molecule has 1 N–H and O–H groups in total. The molecular weight excluding hydrogens is 258 g/mol. The summed E-state index contributed by atoms with van der Waals surface area (Å²) in [6, 6.07) is 0. The van der Waals surface area contributed by atoms with E-state index >= 15 is 0 Å². The highest BCUT2D eigenvalue weighted by Crippen LogP contribution is 2.25. The Morgan fingerprint density at radius 3 is 2.39 bits per heavy atom. The van der Waals surface area contributed by atoms with Gasteiger partial charge in [-0.3, -0.25) is 0 Å². The maximum absolute atomic E-state index is 12.4. The van der Waals surface area contributed by atoms with Crippen LogP contribution in [0.1, 0.15) is 24.3 Å². The molecule has 1 aromatic rings. The number of hydrogen-bond donors (Lipinski definition) is 1. The van der Waals surface area contributed by atoms with Crippen molar-refractivity contribution in [2.24, 2.45) is 5.16 Å². The van der Waals surface area contributed by atoms with Crippen molar-refractivity contribution in [3.63, 3.8) is 0 Å².